The second kappa shape index (κ2) is 4.53. The molecule has 16 heavy (non-hydrogen) atoms. The molecule has 0 aliphatic heterocycles. The van der Waals surface area contributed by atoms with Gasteiger partial charge in [-0.15, -0.1) is 0 Å². The second-order valence-electron chi connectivity index (χ2n) is 4.07. The first kappa shape index (κ1) is 11.0. The lowest BCUT2D eigenvalue weighted by Crippen LogP contribution is -2.14. The molecule has 0 aliphatic rings. The Morgan fingerprint density at radius 1 is 1.38 bits per heavy atom. The highest BCUT2D eigenvalue weighted by atomic mass is 15.3. The normalized spacial score (nSPS) is 10.9. The summed E-state index contributed by atoms with van der Waals surface area (Å²) in [6.45, 7) is 5.88. The van der Waals surface area contributed by atoms with Crippen LogP contribution in [0.2, 0.25) is 0 Å². The van der Waals surface area contributed by atoms with E-state index >= 15 is 0 Å². The molecule has 0 atom stereocenters. The molecule has 0 bridgehead atoms. The van der Waals surface area contributed by atoms with Crippen LogP contribution in [0.4, 0.5) is 0 Å². The minimum Gasteiger partial charge on any atom is -0.364 e. The molecule has 0 radical (unpaired) electrons. The molecule has 2 aromatic rings. The predicted molar refractivity (Wildman–Crippen MR) is 64.0 cm³/mol. The Balaban J connectivity index is 1.95. The van der Waals surface area contributed by atoms with Crippen LogP contribution in [0.15, 0.2) is 18.3 Å². The van der Waals surface area contributed by atoms with Crippen LogP contribution >= 0.6 is 0 Å². The first-order valence-corrected chi connectivity index (χ1v) is 5.50. The standard InChI is InChI=1S/C12H18N4/c1-9-12(10(2)16(3)15-9)8-13-7-11-5-4-6-14-11/h4-6,13-14H,7-8H2,1-3H3. The Kier molecular flexibility index (Phi) is 3.10. The van der Waals surface area contributed by atoms with E-state index in [9.17, 15) is 0 Å². The van der Waals surface area contributed by atoms with Crippen molar-refractivity contribution < 1.29 is 0 Å². The maximum Gasteiger partial charge on any atom is 0.0641 e. The van der Waals surface area contributed by atoms with E-state index in [0.717, 1.165) is 18.8 Å². The molecule has 2 N–H and O–H groups in total. The fourth-order valence-corrected chi connectivity index (χ4v) is 1.87. The lowest BCUT2D eigenvalue weighted by Gasteiger charge is -2.04. The van der Waals surface area contributed by atoms with Crippen molar-refractivity contribution in [3.05, 3.63) is 41.0 Å². The predicted octanol–water partition coefficient (Wildman–Crippen LogP) is 1.65. The molecule has 86 valence electrons. The molecule has 0 unspecified atom stereocenters. The Hall–Kier alpha value is -1.55. The number of H-pyrrole nitrogens is 1. The highest BCUT2D eigenvalue weighted by Crippen LogP contribution is 2.11. The molecule has 0 saturated carbocycles. The smallest absolute Gasteiger partial charge is 0.0641 e. The van der Waals surface area contributed by atoms with Crippen molar-refractivity contribution >= 4 is 0 Å². The van der Waals surface area contributed by atoms with Gasteiger partial charge in [0.15, 0.2) is 0 Å². The van der Waals surface area contributed by atoms with Gasteiger partial charge in [0.05, 0.1) is 5.69 Å². The van der Waals surface area contributed by atoms with Gasteiger partial charge in [-0.1, -0.05) is 0 Å². The number of nitrogens with zero attached hydrogens (tertiary/aromatic N) is 2. The molecule has 0 spiro atoms. The van der Waals surface area contributed by atoms with E-state index in [1.807, 2.05) is 24.0 Å². The fourth-order valence-electron chi connectivity index (χ4n) is 1.87. The Labute approximate surface area is 95.7 Å². The van der Waals surface area contributed by atoms with E-state index in [2.05, 4.69) is 35.3 Å². The summed E-state index contributed by atoms with van der Waals surface area (Å²) in [5.74, 6) is 0. The first-order chi connectivity index (χ1) is 7.68. The van der Waals surface area contributed by atoms with Crippen LogP contribution in [0.1, 0.15) is 22.6 Å². The van der Waals surface area contributed by atoms with E-state index < -0.39 is 0 Å². The number of aromatic nitrogens is 3. The molecular weight excluding hydrogens is 200 g/mol. The average molecular weight is 218 g/mol. The van der Waals surface area contributed by atoms with Crippen molar-refractivity contribution in [3.63, 3.8) is 0 Å². The number of hydrogen-bond donors (Lipinski definition) is 2. The molecule has 0 amide bonds. The molecule has 0 aromatic carbocycles. The van der Waals surface area contributed by atoms with Crippen molar-refractivity contribution in [1.82, 2.24) is 20.1 Å². The molecule has 2 rings (SSSR count). The zero-order chi connectivity index (χ0) is 11.5. The zero-order valence-electron chi connectivity index (χ0n) is 10.0. The lowest BCUT2D eigenvalue weighted by atomic mass is 10.2. The Bertz CT molecular complexity index is 454. The van der Waals surface area contributed by atoms with E-state index in [-0.39, 0.29) is 0 Å². The Morgan fingerprint density at radius 2 is 2.19 bits per heavy atom. The highest BCUT2D eigenvalue weighted by Gasteiger charge is 2.08. The number of hydrogen-bond acceptors (Lipinski definition) is 2. The van der Waals surface area contributed by atoms with Crippen LogP contribution in [0, 0.1) is 13.8 Å². The quantitative estimate of drug-likeness (QED) is 0.819. The van der Waals surface area contributed by atoms with Gasteiger partial charge in [-0.2, -0.15) is 5.10 Å². The maximum atomic E-state index is 4.40. The van der Waals surface area contributed by atoms with Crippen LogP contribution in [0.25, 0.3) is 0 Å². The molecule has 2 aromatic heterocycles. The van der Waals surface area contributed by atoms with Crippen molar-refractivity contribution in [2.24, 2.45) is 7.05 Å². The molecule has 2 heterocycles. The van der Waals surface area contributed by atoms with Crippen molar-refractivity contribution in [2.45, 2.75) is 26.9 Å². The third kappa shape index (κ3) is 2.17. The summed E-state index contributed by atoms with van der Waals surface area (Å²) in [6, 6.07) is 4.09. The summed E-state index contributed by atoms with van der Waals surface area (Å²) in [6.07, 6.45) is 1.94. The molecule has 4 heteroatoms. The molecule has 0 saturated heterocycles. The molecule has 0 aliphatic carbocycles. The van der Waals surface area contributed by atoms with Gasteiger partial charge in [0.2, 0.25) is 0 Å². The van der Waals surface area contributed by atoms with Gasteiger partial charge in [-0.25, -0.2) is 0 Å². The molecule has 4 nitrogen and oxygen atoms in total. The summed E-state index contributed by atoms with van der Waals surface area (Å²) in [5, 5.41) is 7.81. The number of aryl methyl sites for hydroxylation is 2. The van der Waals surface area contributed by atoms with Gasteiger partial charge in [0.25, 0.3) is 0 Å². The van der Waals surface area contributed by atoms with Gasteiger partial charge in [-0.3, -0.25) is 4.68 Å². The summed E-state index contributed by atoms with van der Waals surface area (Å²) in [7, 11) is 1.98. The third-order valence-corrected chi connectivity index (χ3v) is 2.94. The number of nitrogens with one attached hydrogen (secondary N) is 2. The SMILES string of the molecule is Cc1nn(C)c(C)c1CNCc1ccc[nH]1. The van der Waals surface area contributed by atoms with Gasteiger partial charge in [-0.05, 0) is 26.0 Å². The van der Waals surface area contributed by atoms with Crippen LogP contribution < -0.4 is 5.32 Å². The van der Waals surface area contributed by atoms with Crippen molar-refractivity contribution in [3.8, 4) is 0 Å². The minimum atomic E-state index is 0.862. The van der Waals surface area contributed by atoms with Crippen LogP contribution in [0.5, 0.6) is 0 Å². The van der Waals surface area contributed by atoms with Gasteiger partial charge in [0, 0.05) is 43.3 Å². The van der Waals surface area contributed by atoms with E-state index in [1.54, 1.807) is 0 Å². The summed E-state index contributed by atoms with van der Waals surface area (Å²) in [4.78, 5) is 3.17. The Morgan fingerprint density at radius 3 is 2.75 bits per heavy atom. The number of aromatic amines is 1. The largest absolute Gasteiger partial charge is 0.364 e. The molecule has 0 fully saturated rings. The van der Waals surface area contributed by atoms with Crippen LogP contribution in [-0.2, 0) is 20.1 Å². The van der Waals surface area contributed by atoms with E-state index in [0.29, 0.717) is 0 Å². The minimum absolute atomic E-state index is 0.862. The fraction of sp³-hybridized carbons (Fsp3) is 0.417. The van der Waals surface area contributed by atoms with Gasteiger partial charge < -0.3 is 10.3 Å². The summed E-state index contributed by atoms with van der Waals surface area (Å²) >= 11 is 0. The topological polar surface area (TPSA) is 45.6 Å². The zero-order valence-corrected chi connectivity index (χ0v) is 10.0. The summed E-state index contributed by atoms with van der Waals surface area (Å²) < 4.78 is 1.93. The monoisotopic (exact) mass is 218 g/mol. The van der Waals surface area contributed by atoms with Crippen LogP contribution in [-0.4, -0.2) is 14.8 Å². The third-order valence-electron chi connectivity index (χ3n) is 2.94. The van der Waals surface area contributed by atoms with Crippen molar-refractivity contribution in [1.29, 1.82) is 0 Å². The van der Waals surface area contributed by atoms with Gasteiger partial charge in [0.1, 0.15) is 0 Å². The second-order valence-corrected chi connectivity index (χ2v) is 4.07. The maximum absolute atomic E-state index is 4.40. The van der Waals surface area contributed by atoms with E-state index in [4.69, 9.17) is 0 Å². The van der Waals surface area contributed by atoms with E-state index in [1.165, 1.54) is 17.0 Å². The lowest BCUT2D eigenvalue weighted by molar-refractivity contribution is 0.674. The summed E-state index contributed by atoms with van der Waals surface area (Å²) in [5.41, 5.74) is 4.85. The van der Waals surface area contributed by atoms with Crippen LogP contribution in [0.3, 0.4) is 0 Å². The van der Waals surface area contributed by atoms with Gasteiger partial charge >= 0.3 is 0 Å². The van der Waals surface area contributed by atoms with Crippen molar-refractivity contribution in [2.75, 3.05) is 0 Å². The first-order valence-electron chi connectivity index (χ1n) is 5.50. The highest BCUT2D eigenvalue weighted by molar-refractivity contribution is 5.24. The molecular formula is C12H18N4. The number of rotatable bonds is 4. The average Bonchev–Trinajstić information content (AvgIpc) is 2.82.